The molecule has 8 heteroatoms. The summed E-state index contributed by atoms with van der Waals surface area (Å²) in [4.78, 5) is 50.1. The average molecular weight is 475 g/mol. The fraction of sp³-hybridized carbons (Fsp3) is 0.423. The molecule has 0 spiro atoms. The highest BCUT2D eigenvalue weighted by Gasteiger charge is 2.35. The molecule has 174 valence electrons. The summed E-state index contributed by atoms with van der Waals surface area (Å²) >= 11 is 1.50. The third-order valence-electron chi connectivity index (χ3n) is 6.94. The Morgan fingerprint density at radius 3 is 2.74 bits per heavy atom. The third kappa shape index (κ3) is 4.05. The smallest absolute Gasteiger partial charge is 0.259 e. The topological polar surface area (TPSA) is 107 Å². The Labute approximate surface area is 201 Å². The highest BCUT2D eigenvalue weighted by molar-refractivity contribution is 7.18. The summed E-state index contributed by atoms with van der Waals surface area (Å²) in [6.07, 6.45) is 5.26. The van der Waals surface area contributed by atoms with Crippen LogP contribution < -0.4 is 5.56 Å². The van der Waals surface area contributed by atoms with Crippen molar-refractivity contribution in [2.24, 2.45) is 5.92 Å². The van der Waals surface area contributed by atoms with Crippen LogP contribution in [-0.2, 0) is 17.6 Å². The highest BCUT2D eigenvalue weighted by atomic mass is 32.1. The minimum Gasteiger partial charge on any atom is -0.338 e. The lowest BCUT2D eigenvalue weighted by molar-refractivity contribution is -0.124. The van der Waals surface area contributed by atoms with Crippen molar-refractivity contribution in [3.05, 3.63) is 62.0 Å². The largest absolute Gasteiger partial charge is 0.338 e. The SMILES string of the molecule is Cc1ccc(C(=O)N2CCCC(C(=O)C(C#N)c3nc4sc5c(c4c(=O)[nH]3)CCCC5)C2)cc1. The zero-order chi connectivity index (χ0) is 23.8. The second kappa shape index (κ2) is 9.15. The van der Waals surface area contributed by atoms with Gasteiger partial charge in [0, 0.05) is 29.4 Å². The van der Waals surface area contributed by atoms with Gasteiger partial charge in [0.2, 0.25) is 0 Å². The van der Waals surface area contributed by atoms with Crippen molar-refractivity contribution >= 4 is 33.2 Å². The molecule has 3 heterocycles. The molecule has 5 rings (SSSR count). The van der Waals surface area contributed by atoms with Crippen LogP contribution in [-0.4, -0.2) is 39.6 Å². The van der Waals surface area contributed by atoms with Crippen molar-refractivity contribution in [1.29, 1.82) is 5.26 Å². The number of ketones is 1. The number of amides is 1. The number of likely N-dealkylation sites (tertiary alicyclic amines) is 1. The van der Waals surface area contributed by atoms with E-state index < -0.39 is 11.8 Å². The van der Waals surface area contributed by atoms with Gasteiger partial charge in [-0.2, -0.15) is 5.26 Å². The summed E-state index contributed by atoms with van der Waals surface area (Å²) < 4.78 is 0. The number of aryl methyl sites for hydroxylation is 3. The molecule has 2 aliphatic rings. The molecule has 1 aliphatic carbocycles. The van der Waals surface area contributed by atoms with E-state index >= 15 is 0 Å². The maximum Gasteiger partial charge on any atom is 0.259 e. The Kier molecular flexibility index (Phi) is 6.05. The van der Waals surface area contributed by atoms with Crippen LogP contribution >= 0.6 is 11.3 Å². The molecule has 1 amide bonds. The van der Waals surface area contributed by atoms with E-state index in [1.165, 1.54) is 16.2 Å². The molecule has 2 aromatic heterocycles. The van der Waals surface area contributed by atoms with Gasteiger partial charge < -0.3 is 9.88 Å². The second-order valence-corrected chi connectivity index (χ2v) is 10.3. The maximum absolute atomic E-state index is 13.4. The number of Topliss-reactive ketones (excluding diaryl/α,β-unsaturated/α-hetero) is 1. The van der Waals surface area contributed by atoms with E-state index in [4.69, 9.17) is 0 Å². The number of H-pyrrole nitrogens is 1. The Morgan fingerprint density at radius 1 is 1.21 bits per heavy atom. The van der Waals surface area contributed by atoms with E-state index in [9.17, 15) is 19.6 Å². The molecule has 1 saturated heterocycles. The fourth-order valence-electron chi connectivity index (χ4n) is 5.09. The van der Waals surface area contributed by atoms with Crippen LogP contribution in [0.15, 0.2) is 29.1 Å². The van der Waals surface area contributed by atoms with Crippen LogP contribution in [0.1, 0.15) is 63.8 Å². The molecule has 0 bridgehead atoms. The number of carbonyl (C=O) groups is 2. The number of piperidine rings is 1. The van der Waals surface area contributed by atoms with Gasteiger partial charge in [-0.3, -0.25) is 14.4 Å². The summed E-state index contributed by atoms with van der Waals surface area (Å²) in [6.45, 7) is 2.81. The van der Waals surface area contributed by atoms with Crippen molar-refractivity contribution < 1.29 is 9.59 Å². The number of aromatic amines is 1. The van der Waals surface area contributed by atoms with Crippen molar-refractivity contribution in [3.8, 4) is 6.07 Å². The van der Waals surface area contributed by atoms with Crippen LogP contribution in [0.3, 0.4) is 0 Å². The van der Waals surface area contributed by atoms with Crippen molar-refractivity contribution in [3.63, 3.8) is 0 Å². The number of nitrogens with one attached hydrogen (secondary N) is 1. The van der Waals surface area contributed by atoms with E-state index in [0.717, 1.165) is 36.8 Å². The van der Waals surface area contributed by atoms with Crippen molar-refractivity contribution in [2.45, 2.75) is 51.4 Å². The first-order valence-corrected chi connectivity index (χ1v) is 12.6. The van der Waals surface area contributed by atoms with Gasteiger partial charge in [-0.05, 0) is 63.1 Å². The zero-order valence-corrected chi connectivity index (χ0v) is 19.9. The second-order valence-electron chi connectivity index (χ2n) is 9.26. The minimum atomic E-state index is -1.16. The summed E-state index contributed by atoms with van der Waals surface area (Å²) in [5.74, 6) is -1.90. The van der Waals surface area contributed by atoms with Crippen LogP contribution in [0.25, 0.3) is 10.2 Å². The van der Waals surface area contributed by atoms with Crippen LogP contribution in [0.4, 0.5) is 0 Å². The molecule has 0 radical (unpaired) electrons. The van der Waals surface area contributed by atoms with Gasteiger partial charge in [-0.1, -0.05) is 17.7 Å². The highest BCUT2D eigenvalue weighted by Crippen LogP contribution is 2.34. The summed E-state index contributed by atoms with van der Waals surface area (Å²) in [5.41, 5.74) is 2.47. The standard InChI is InChI=1S/C26H26N4O3S/c1-15-8-10-16(11-9-15)26(33)30-12-4-5-17(14-30)22(31)19(13-27)23-28-24(32)21-18-6-2-3-7-20(18)34-25(21)29-23/h8-11,17,19H,2-7,12,14H2,1H3,(H,28,29,32). The maximum atomic E-state index is 13.4. The summed E-state index contributed by atoms with van der Waals surface area (Å²) in [7, 11) is 0. The van der Waals surface area contributed by atoms with E-state index in [-0.39, 0.29) is 29.6 Å². The average Bonchev–Trinajstić information content (AvgIpc) is 3.23. The van der Waals surface area contributed by atoms with Crippen LogP contribution in [0.5, 0.6) is 0 Å². The first-order chi connectivity index (χ1) is 16.5. The number of hydrogen-bond donors (Lipinski definition) is 1. The molecular weight excluding hydrogens is 448 g/mol. The predicted molar refractivity (Wildman–Crippen MR) is 130 cm³/mol. The fourth-order valence-corrected chi connectivity index (χ4v) is 6.35. The molecule has 1 N–H and O–H groups in total. The molecule has 1 aromatic carbocycles. The molecule has 0 saturated carbocycles. The Balaban J connectivity index is 1.39. The minimum absolute atomic E-state index is 0.108. The summed E-state index contributed by atoms with van der Waals surface area (Å²) in [6, 6.07) is 9.45. The summed E-state index contributed by atoms with van der Waals surface area (Å²) in [5, 5.41) is 10.5. The number of hydrogen-bond acceptors (Lipinski definition) is 6. The molecule has 7 nitrogen and oxygen atoms in total. The van der Waals surface area contributed by atoms with E-state index in [1.807, 2.05) is 19.1 Å². The first-order valence-electron chi connectivity index (χ1n) is 11.8. The van der Waals surface area contributed by atoms with Crippen LogP contribution in [0, 0.1) is 24.2 Å². The van der Waals surface area contributed by atoms with Gasteiger partial charge >= 0.3 is 0 Å². The van der Waals surface area contributed by atoms with E-state index in [2.05, 4.69) is 16.0 Å². The quantitative estimate of drug-likeness (QED) is 0.617. The number of aromatic nitrogens is 2. The molecule has 3 aromatic rings. The number of carbonyl (C=O) groups excluding carboxylic acids is 2. The van der Waals surface area contributed by atoms with Gasteiger partial charge in [-0.15, -0.1) is 11.3 Å². The molecular formula is C26H26N4O3S. The normalized spacial score (nSPS) is 18.8. The lowest BCUT2D eigenvalue weighted by Gasteiger charge is -2.32. The lowest BCUT2D eigenvalue weighted by atomic mass is 9.86. The molecule has 2 atom stereocenters. The van der Waals surface area contributed by atoms with Crippen molar-refractivity contribution in [1.82, 2.24) is 14.9 Å². The van der Waals surface area contributed by atoms with Gasteiger partial charge in [0.15, 0.2) is 11.7 Å². The number of thiophene rings is 1. The third-order valence-corrected chi connectivity index (χ3v) is 8.13. The van der Waals surface area contributed by atoms with E-state index in [1.54, 1.807) is 17.0 Å². The zero-order valence-electron chi connectivity index (χ0n) is 19.1. The molecule has 34 heavy (non-hydrogen) atoms. The lowest BCUT2D eigenvalue weighted by Crippen LogP contribution is -2.43. The van der Waals surface area contributed by atoms with Gasteiger partial charge in [0.25, 0.3) is 11.5 Å². The Morgan fingerprint density at radius 2 is 1.97 bits per heavy atom. The van der Waals surface area contributed by atoms with Crippen LogP contribution in [0.2, 0.25) is 0 Å². The van der Waals surface area contributed by atoms with Gasteiger partial charge in [0.05, 0.1) is 11.5 Å². The molecule has 2 unspecified atom stereocenters. The number of nitriles is 1. The Bertz CT molecular complexity index is 1370. The Hall–Kier alpha value is -3.31. The molecule has 1 fully saturated rings. The first kappa shape index (κ1) is 22.5. The van der Waals surface area contributed by atoms with E-state index in [0.29, 0.717) is 35.2 Å². The molecule has 1 aliphatic heterocycles. The monoisotopic (exact) mass is 474 g/mol. The van der Waals surface area contributed by atoms with Crippen molar-refractivity contribution in [2.75, 3.05) is 13.1 Å². The van der Waals surface area contributed by atoms with Gasteiger partial charge in [-0.25, -0.2) is 4.98 Å². The predicted octanol–water partition coefficient (Wildman–Crippen LogP) is 3.90. The number of nitrogens with zero attached hydrogens (tertiary/aromatic N) is 3. The van der Waals surface area contributed by atoms with Gasteiger partial charge in [0.1, 0.15) is 10.7 Å². The number of fused-ring (bicyclic) bond motifs is 3. The number of rotatable bonds is 4. The number of benzene rings is 1.